The van der Waals surface area contributed by atoms with Gasteiger partial charge >= 0.3 is 0 Å². The molecule has 23 heteroatoms. The van der Waals surface area contributed by atoms with E-state index < -0.39 is 12.1 Å². The van der Waals surface area contributed by atoms with Gasteiger partial charge in [0.05, 0.1) is 68.9 Å². The molecule has 74 heavy (non-hydrogen) atoms. The summed E-state index contributed by atoms with van der Waals surface area (Å²) in [5, 5.41) is 22.1. The molecular weight excluding hydrogens is 945 g/mol. The molecule has 1 unspecified atom stereocenters. The Morgan fingerprint density at radius 1 is 0.784 bits per heavy atom. The molecule has 2 aliphatic heterocycles. The molecule has 7 rings (SSSR count). The summed E-state index contributed by atoms with van der Waals surface area (Å²) >= 11 is 0. The van der Waals surface area contributed by atoms with Crippen molar-refractivity contribution in [1.82, 2.24) is 59.7 Å². The maximum atomic E-state index is 14.7. The number of hydrogen-bond donors (Lipinski definition) is 5. The van der Waals surface area contributed by atoms with Gasteiger partial charge in [0, 0.05) is 76.5 Å². The number of carbonyl (C=O) groups excluding carboxylic acids is 2. The molecule has 0 saturated carbocycles. The van der Waals surface area contributed by atoms with Crippen molar-refractivity contribution < 1.29 is 23.8 Å². The van der Waals surface area contributed by atoms with Crippen LogP contribution in [0.2, 0.25) is 0 Å². The second kappa shape index (κ2) is 27.8. The summed E-state index contributed by atoms with van der Waals surface area (Å²) in [6, 6.07) is 8.40. The summed E-state index contributed by atoms with van der Waals surface area (Å²) in [7, 11) is 0. The van der Waals surface area contributed by atoms with Gasteiger partial charge in [0.25, 0.3) is 0 Å². The molecule has 8 N–H and O–H groups in total. The Morgan fingerprint density at radius 3 is 2.00 bits per heavy atom. The topological polar surface area (TPSA) is 281 Å². The third-order valence-corrected chi connectivity index (χ3v) is 13.7. The van der Waals surface area contributed by atoms with Crippen LogP contribution in [0.15, 0.2) is 42.7 Å². The van der Waals surface area contributed by atoms with E-state index in [1.54, 1.807) is 9.36 Å². The number of aromatic nitrogens is 10. The lowest BCUT2D eigenvalue weighted by atomic mass is 9.98. The van der Waals surface area contributed by atoms with Gasteiger partial charge in [-0.25, -0.2) is 9.36 Å². The van der Waals surface area contributed by atoms with Crippen LogP contribution in [0.25, 0.3) is 10.9 Å². The van der Waals surface area contributed by atoms with E-state index in [1.165, 1.54) is 0 Å². The number of carbonyl (C=O) groups is 2. The Balaban J connectivity index is 1.04. The van der Waals surface area contributed by atoms with Crippen LogP contribution in [-0.2, 0) is 30.2 Å². The third kappa shape index (κ3) is 15.2. The molecule has 1 aromatic carbocycles. The number of piperazine rings is 2. The zero-order chi connectivity index (χ0) is 52.4. The molecule has 2 saturated heterocycles. The number of ether oxygens (including phenoxy) is 3. The van der Waals surface area contributed by atoms with Gasteiger partial charge in [-0.1, -0.05) is 68.7 Å². The predicted molar refractivity (Wildman–Crippen MR) is 283 cm³/mol. The van der Waals surface area contributed by atoms with Crippen molar-refractivity contribution in [2.24, 2.45) is 29.0 Å². The van der Waals surface area contributed by atoms with E-state index in [9.17, 15) is 9.59 Å². The normalized spacial score (nSPS) is 16.4. The fourth-order valence-corrected chi connectivity index (χ4v) is 9.18. The zero-order valence-electron chi connectivity index (χ0n) is 43.7. The van der Waals surface area contributed by atoms with Crippen molar-refractivity contribution in [2.75, 3.05) is 120 Å². The lowest BCUT2D eigenvalue weighted by Gasteiger charge is -2.38. The highest BCUT2D eigenvalue weighted by Gasteiger charge is 2.34. The Labute approximate surface area is 434 Å². The van der Waals surface area contributed by atoms with E-state index in [2.05, 4.69) is 86.5 Å². The Bertz CT molecular complexity index is 2510. The standard InChI is InChI=1S/C51H78N18O5/c1-6-25-72-27-29-74-30-28-73-26-16-55-49-57-50(66-21-17-64(18-22-66)47(70)44(14-10-11-15-52)68-34-42(60-62-68)40(53)31-36(3)4)59-51(58-49)67-23-19-65(20-24-67)48(71)45(33-39-32-38-12-8-9-13-41(38)56-39)69-35-43(61-63-69)46(54)37(5)7-2/h1,8-9,12-13,32,34-37,40,44-46,56H,7,10-11,14-31,33,52-54H2,2-5H3,(H,55,57,58,59)/t37?,40-,44-,45-,46-/m0/s1. The van der Waals surface area contributed by atoms with E-state index in [4.69, 9.17) is 52.8 Å². The van der Waals surface area contributed by atoms with E-state index >= 15 is 0 Å². The summed E-state index contributed by atoms with van der Waals surface area (Å²) in [5.41, 5.74) is 22.2. The maximum Gasteiger partial charge on any atom is 0.248 e. The van der Waals surface area contributed by atoms with Crippen LogP contribution in [0.3, 0.4) is 0 Å². The number of rotatable bonds is 29. The van der Waals surface area contributed by atoms with Crippen LogP contribution < -0.4 is 32.3 Å². The minimum absolute atomic E-state index is 0.0215. The van der Waals surface area contributed by atoms with E-state index in [-0.39, 0.29) is 36.4 Å². The minimum Gasteiger partial charge on any atom is -0.377 e. The number of benzene rings is 1. The predicted octanol–water partition coefficient (Wildman–Crippen LogP) is 2.87. The average Bonchev–Trinajstić information content (AvgIpc) is 4.21. The molecule has 2 aliphatic rings. The van der Waals surface area contributed by atoms with Crippen molar-refractivity contribution in [2.45, 2.75) is 90.4 Å². The molecule has 402 valence electrons. The van der Waals surface area contributed by atoms with Crippen molar-refractivity contribution in [1.29, 1.82) is 0 Å². The number of anilines is 3. The first-order valence-electron chi connectivity index (χ1n) is 26.3. The number of para-hydroxylation sites is 1. The number of hydrogen-bond acceptors (Lipinski definition) is 18. The highest BCUT2D eigenvalue weighted by molar-refractivity contribution is 5.83. The number of nitrogens with two attached hydrogens (primary N) is 3. The molecular formula is C51H78N18O5. The van der Waals surface area contributed by atoms with Crippen molar-refractivity contribution >= 4 is 40.6 Å². The van der Waals surface area contributed by atoms with Gasteiger partial charge < -0.3 is 61.3 Å². The summed E-state index contributed by atoms with van der Waals surface area (Å²) < 4.78 is 20.0. The second-order valence-corrected chi connectivity index (χ2v) is 19.6. The fraction of sp³-hybridized carbons (Fsp3) is 0.627. The van der Waals surface area contributed by atoms with Crippen molar-refractivity contribution in [3.8, 4) is 12.3 Å². The summed E-state index contributed by atoms with van der Waals surface area (Å²) in [4.78, 5) is 55.2. The monoisotopic (exact) mass is 1020 g/mol. The Hall–Kier alpha value is -6.29. The number of amides is 2. The molecule has 2 amide bonds. The van der Waals surface area contributed by atoms with E-state index in [0.717, 1.165) is 42.3 Å². The van der Waals surface area contributed by atoms with Gasteiger partial charge in [-0.05, 0) is 61.6 Å². The lowest BCUT2D eigenvalue weighted by molar-refractivity contribution is -0.136. The number of aromatic amines is 1. The van der Waals surface area contributed by atoms with Gasteiger partial charge in [-0.15, -0.1) is 16.6 Å². The van der Waals surface area contributed by atoms with Crippen molar-refractivity contribution in [3.63, 3.8) is 0 Å². The first-order valence-corrected chi connectivity index (χ1v) is 26.3. The van der Waals surface area contributed by atoms with Gasteiger partial charge in [0.1, 0.15) is 18.7 Å². The van der Waals surface area contributed by atoms with Crippen LogP contribution in [0.1, 0.15) is 101 Å². The SMILES string of the molecule is C#CCOCCOCCOCCNc1nc(N2CCN(C(=O)[C@H](Cc3cc4ccccc4[nH]3)n3cc([C@@H](N)C(C)CC)nn3)CC2)nc(N2CCN(C(=O)[C@H](CCCCN)n3cc([C@@H](N)CC(C)C)nn3)CC2)n1. The van der Waals surface area contributed by atoms with Gasteiger partial charge in [-0.2, -0.15) is 15.0 Å². The largest absolute Gasteiger partial charge is 0.377 e. The quantitative estimate of drug-likeness (QED) is 0.0340. The number of unbranched alkanes of at least 4 members (excludes halogenated alkanes) is 1. The van der Waals surface area contributed by atoms with Crippen LogP contribution in [0.5, 0.6) is 0 Å². The minimum atomic E-state index is -0.658. The van der Waals surface area contributed by atoms with Crippen LogP contribution in [-0.4, -0.2) is 177 Å². The highest BCUT2D eigenvalue weighted by Crippen LogP contribution is 2.27. The molecule has 6 heterocycles. The van der Waals surface area contributed by atoms with Crippen LogP contribution in [0.4, 0.5) is 17.8 Å². The maximum absolute atomic E-state index is 14.7. The van der Waals surface area contributed by atoms with Gasteiger partial charge in [0.2, 0.25) is 29.7 Å². The van der Waals surface area contributed by atoms with Gasteiger partial charge in [-0.3, -0.25) is 9.59 Å². The first kappa shape index (κ1) is 55.5. The molecule has 4 aromatic heterocycles. The van der Waals surface area contributed by atoms with Crippen LogP contribution >= 0.6 is 0 Å². The zero-order valence-corrected chi connectivity index (χ0v) is 43.7. The fourth-order valence-electron chi connectivity index (χ4n) is 9.18. The number of fused-ring (bicyclic) bond motifs is 1. The summed E-state index contributed by atoms with van der Waals surface area (Å²) in [6.45, 7) is 15.4. The number of terminal acetylenes is 1. The molecule has 0 aliphatic carbocycles. The molecule has 0 spiro atoms. The van der Waals surface area contributed by atoms with E-state index in [0.29, 0.717) is 146 Å². The molecule has 5 aromatic rings. The molecule has 0 radical (unpaired) electrons. The first-order chi connectivity index (χ1) is 36.0. The molecule has 23 nitrogen and oxygen atoms in total. The summed E-state index contributed by atoms with van der Waals surface area (Å²) in [6.07, 6.45) is 13.1. The summed E-state index contributed by atoms with van der Waals surface area (Å²) in [5.74, 6) is 4.30. The smallest absolute Gasteiger partial charge is 0.248 e. The third-order valence-electron chi connectivity index (χ3n) is 13.7. The Morgan fingerprint density at radius 2 is 1.38 bits per heavy atom. The highest BCUT2D eigenvalue weighted by atomic mass is 16.5. The molecule has 5 atom stereocenters. The lowest BCUT2D eigenvalue weighted by Crippen LogP contribution is -2.52. The molecule has 2 fully saturated rings. The van der Waals surface area contributed by atoms with Gasteiger partial charge in [0.15, 0.2) is 0 Å². The van der Waals surface area contributed by atoms with Crippen molar-refractivity contribution in [3.05, 3.63) is 59.8 Å². The average molecular weight is 1020 g/mol. The Kier molecular flexibility index (Phi) is 20.9. The number of nitrogens with zero attached hydrogens (tertiary/aromatic N) is 13. The molecule has 0 bridgehead atoms. The number of nitrogens with one attached hydrogen (secondary N) is 2. The van der Waals surface area contributed by atoms with E-state index in [1.807, 2.05) is 40.4 Å². The number of H-pyrrole nitrogens is 1. The van der Waals surface area contributed by atoms with Crippen LogP contribution in [0, 0.1) is 24.2 Å². The second-order valence-electron chi connectivity index (χ2n) is 19.6.